The third-order valence-corrected chi connectivity index (χ3v) is 15.0. The summed E-state index contributed by atoms with van der Waals surface area (Å²) in [7, 11) is 0. The van der Waals surface area contributed by atoms with Crippen molar-refractivity contribution in [3.05, 3.63) is 109 Å². The number of esters is 3. The quantitative estimate of drug-likeness (QED) is 0.0261. The normalized spacial score (nSPS) is 12.8. The van der Waals surface area contributed by atoms with Gasteiger partial charge in [0.1, 0.15) is 13.2 Å². The number of carbonyl (C=O) groups excluding carboxylic acids is 3. The lowest BCUT2D eigenvalue weighted by atomic mass is 10.0. The van der Waals surface area contributed by atoms with Gasteiger partial charge in [-0.3, -0.25) is 14.4 Å². The summed E-state index contributed by atoms with van der Waals surface area (Å²) in [6.07, 6.45) is 95.3. The van der Waals surface area contributed by atoms with Crippen molar-refractivity contribution in [3.8, 4) is 0 Å². The summed E-state index contributed by atoms with van der Waals surface area (Å²) >= 11 is 0. The second-order valence-corrected chi connectivity index (χ2v) is 23.1. The maximum Gasteiger partial charge on any atom is 0.306 e. The van der Waals surface area contributed by atoms with Crippen LogP contribution in [0.2, 0.25) is 0 Å². The Hall–Kier alpha value is -3.93. The van der Waals surface area contributed by atoms with Gasteiger partial charge in [-0.05, 0) is 109 Å². The fourth-order valence-electron chi connectivity index (χ4n) is 9.81. The van der Waals surface area contributed by atoms with Gasteiger partial charge in [0.2, 0.25) is 0 Å². The average Bonchev–Trinajstić information content (AvgIpc) is 3.47. The van der Waals surface area contributed by atoms with Gasteiger partial charge >= 0.3 is 17.9 Å². The van der Waals surface area contributed by atoms with E-state index in [1.165, 1.54) is 173 Å². The summed E-state index contributed by atoms with van der Waals surface area (Å²) in [4.78, 5) is 38.5. The van der Waals surface area contributed by atoms with Crippen molar-refractivity contribution in [3.63, 3.8) is 0 Å². The lowest BCUT2D eigenvalue weighted by Gasteiger charge is -2.18. The number of hydrogen-bond acceptors (Lipinski definition) is 6. The molecular formula is C76H130O6. The van der Waals surface area contributed by atoms with Gasteiger partial charge < -0.3 is 14.2 Å². The van der Waals surface area contributed by atoms with Crippen LogP contribution in [0.1, 0.15) is 335 Å². The Kier molecular flexibility index (Phi) is 66.2. The van der Waals surface area contributed by atoms with E-state index in [1.807, 2.05) is 0 Å². The molecule has 0 aliphatic heterocycles. The Balaban J connectivity index is 4.44. The number of hydrogen-bond donors (Lipinski definition) is 0. The monoisotopic (exact) mass is 1140 g/mol. The largest absolute Gasteiger partial charge is 0.462 e. The van der Waals surface area contributed by atoms with E-state index < -0.39 is 6.10 Å². The van der Waals surface area contributed by atoms with Crippen LogP contribution in [0.15, 0.2) is 109 Å². The van der Waals surface area contributed by atoms with Gasteiger partial charge in [-0.2, -0.15) is 0 Å². The van der Waals surface area contributed by atoms with Gasteiger partial charge in [-0.25, -0.2) is 0 Å². The minimum atomic E-state index is -0.798. The topological polar surface area (TPSA) is 78.9 Å². The highest BCUT2D eigenvalue weighted by Gasteiger charge is 2.19. The third kappa shape index (κ3) is 66.9. The van der Waals surface area contributed by atoms with Crippen LogP contribution in [0.3, 0.4) is 0 Å². The Morgan fingerprint density at radius 3 is 0.768 bits per heavy atom. The summed E-state index contributed by atoms with van der Waals surface area (Å²) in [5.74, 6) is -0.917. The van der Waals surface area contributed by atoms with Crippen LogP contribution in [-0.4, -0.2) is 37.2 Å². The first kappa shape index (κ1) is 78.1. The van der Waals surface area contributed by atoms with Crippen molar-refractivity contribution < 1.29 is 28.6 Å². The molecule has 82 heavy (non-hydrogen) atoms. The van der Waals surface area contributed by atoms with Crippen LogP contribution >= 0.6 is 0 Å². The van der Waals surface area contributed by atoms with E-state index in [2.05, 4.69) is 130 Å². The molecule has 1 atom stereocenters. The van der Waals surface area contributed by atoms with E-state index in [1.54, 1.807) is 0 Å². The third-order valence-electron chi connectivity index (χ3n) is 15.0. The van der Waals surface area contributed by atoms with E-state index >= 15 is 0 Å². The Morgan fingerprint density at radius 2 is 0.476 bits per heavy atom. The molecule has 6 nitrogen and oxygen atoms in total. The molecule has 6 heteroatoms. The van der Waals surface area contributed by atoms with Gasteiger partial charge in [-0.1, -0.05) is 316 Å². The molecule has 0 spiro atoms. The maximum atomic E-state index is 13.0. The first-order valence-electron chi connectivity index (χ1n) is 34.9. The summed E-state index contributed by atoms with van der Waals surface area (Å²) in [6, 6.07) is 0. The molecule has 1 unspecified atom stereocenters. The molecule has 0 aromatic carbocycles. The highest BCUT2D eigenvalue weighted by Crippen LogP contribution is 2.17. The van der Waals surface area contributed by atoms with Crippen LogP contribution in [-0.2, 0) is 28.6 Å². The molecule has 0 aromatic rings. The van der Waals surface area contributed by atoms with Crippen molar-refractivity contribution in [2.45, 2.75) is 341 Å². The van der Waals surface area contributed by atoms with E-state index in [9.17, 15) is 14.4 Å². The fraction of sp³-hybridized carbons (Fsp3) is 0.724. The SMILES string of the molecule is CC/C=C\C/C=C\C/C=C\C/C=C\C/C=C\C/C=C\C/C=C\CCCCCC(=O)OCC(COC(=O)CCCCCCCCC/C=C\C/C=C\CCCCCC)OC(=O)CCCCCCCCCCCCCCCCCCCCCCC. The average molecular weight is 1140 g/mol. The van der Waals surface area contributed by atoms with E-state index in [-0.39, 0.29) is 31.1 Å². The molecular weight excluding hydrogens is 1010 g/mol. The molecule has 0 amide bonds. The number of rotatable bonds is 63. The lowest BCUT2D eigenvalue weighted by molar-refractivity contribution is -0.167. The predicted molar refractivity (Wildman–Crippen MR) is 357 cm³/mol. The molecule has 0 aliphatic rings. The fourth-order valence-corrected chi connectivity index (χ4v) is 9.81. The van der Waals surface area contributed by atoms with E-state index in [4.69, 9.17) is 14.2 Å². The molecule has 0 fully saturated rings. The molecule has 0 heterocycles. The zero-order valence-electron chi connectivity index (χ0n) is 54.0. The first-order valence-corrected chi connectivity index (χ1v) is 34.9. The number of unbranched alkanes of at least 4 members (excludes halogenated alkanes) is 34. The highest BCUT2D eigenvalue weighted by atomic mass is 16.6. The van der Waals surface area contributed by atoms with Crippen LogP contribution in [0.4, 0.5) is 0 Å². The molecule has 0 bridgehead atoms. The molecule has 0 aromatic heterocycles. The molecule has 470 valence electrons. The van der Waals surface area contributed by atoms with E-state index in [0.717, 1.165) is 122 Å². The van der Waals surface area contributed by atoms with Crippen LogP contribution in [0, 0.1) is 0 Å². The number of carbonyl (C=O) groups is 3. The van der Waals surface area contributed by atoms with Crippen molar-refractivity contribution in [2.24, 2.45) is 0 Å². The predicted octanol–water partition coefficient (Wildman–Crippen LogP) is 24.2. The Labute approximate surface area is 508 Å². The Bertz CT molecular complexity index is 1640. The van der Waals surface area contributed by atoms with Crippen molar-refractivity contribution >= 4 is 17.9 Å². The lowest BCUT2D eigenvalue weighted by Crippen LogP contribution is -2.30. The van der Waals surface area contributed by atoms with Gasteiger partial charge in [0.05, 0.1) is 0 Å². The molecule has 0 rings (SSSR count). The molecule has 0 saturated heterocycles. The maximum absolute atomic E-state index is 13.0. The minimum Gasteiger partial charge on any atom is -0.462 e. The van der Waals surface area contributed by atoms with Crippen LogP contribution < -0.4 is 0 Å². The smallest absolute Gasteiger partial charge is 0.306 e. The summed E-state index contributed by atoms with van der Waals surface area (Å²) in [6.45, 7) is 6.52. The van der Waals surface area contributed by atoms with Gasteiger partial charge in [-0.15, -0.1) is 0 Å². The number of allylic oxidation sites excluding steroid dienone is 18. The van der Waals surface area contributed by atoms with E-state index in [0.29, 0.717) is 19.3 Å². The summed E-state index contributed by atoms with van der Waals surface area (Å²) in [5.41, 5.74) is 0. The zero-order chi connectivity index (χ0) is 59.2. The van der Waals surface area contributed by atoms with Gasteiger partial charge in [0.25, 0.3) is 0 Å². The highest BCUT2D eigenvalue weighted by molar-refractivity contribution is 5.71. The number of ether oxygens (including phenoxy) is 3. The molecule has 0 N–H and O–H groups in total. The summed E-state index contributed by atoms with van der Waals surface area (Å²) in [5, 5.41) is 0. The zero-order valence-corrected chi connectivity index (χ0v) is 54.0. The van der Waals surface area contributed by atoms with Crippen molar-refractivity contribution in [1.29, 1.82) is 0 Å². The molecule has 0 aliphatic carbocycles. The first-order chi connectivity index (χ1) is 40.5. The Morgan fingerprint density at radius 1 is 0.256 bits per heavy atom. The van der Waals surface area contributed by atoms with Gasteiger partial charge in [0.15, 0.2) is 6.10 Å². The second-order valence-electron chi connectivity index (χ2n) is 23.1. The molecule has 0 radical (unpaired) electrons. The van der Waals surface area contributed by atoms with Crippen LogP contribution in [0.5, 0.6) is 0 Å². The summed E-state index contributed by atoms with van der Waals surface area (Å²) < 4.78 is 17.0. The standard InChI is InChI=1S/C76H130O6/c1-4-7-10-13-16-19-22-25-28-31-34-36-37-38-39-41-42-45-48-51-54-57-60-63-66-69-75(78)81-72-73(71-80-74(77)68-65-62-59-56-53-50-47-44-33-30-27-24-21-18-15-12-9-6-3)82-76(79)70-67-64-61-58-55-52-49-46-43-40-35-32-29-26-23-20-17-14-11-8-5-2/h7,10,16,19,21,24-25,28,30,33-34,36,38-39,42,45,51,54,73H,4-6,8-9,11-15,17-18,20,22-23,26-27,29,31-32,35,37,40-41,43-44,46-50,52-53,55-72H2,1-3H3/b10-7-,19-16-,24-21-,28-25-,33-30-,36-34-,39-38-,45-42-,54-51-. The molecule has 0 saturated carbocycles. The van der Waals surface area contributed by atoms with Gasteiger partial charge in [0, 0.05) is 19.3 Å². The van der Waals surface area contributed by atoms with Crippen molar-refractivity contribution in [1.82, 2.24) is 0 Å². The van der Waals surface area contributed by atoms with Crippen molar-refractivity contribution in [2.75, 3.05) is 13.2 Å². The van der Waals surface area contributed by atoms with Crippen LogP contribution in [0.25, 0.3) is 0 Å². The minimum absolute atomic E-state index is 0.0914. The second kappa shape index (κ2) is 69.6.